The van der Waals surface area contributed by atoms with Gasteiger partial charge in [0.1, 0.15) is 10.8 Å². The molecule has 0 fully saturated rings. The number of aryl methyl sites for hydroxylation is 1. The van der Waals surface area contributed by atoms with Gasteiger partial charge in [0.15, 0.2) is 0 Å². The van der Waals surface area contributed by atoms with Crippen LogP contribution in [0.5, 0.6) is 5.75 Å². The second-order valence-corrected chi connectivity index (χ2v) is 4.84. The van der Waals surface area contributed by atoms with Crippen molar-refractivity contribution in [2.75, 3.05) is 14.2 Å². The van der Waals surface area contributed by atoms with Crippen LogP contribution in [-0.2, 0) is 6.54 Å². The second kappa shape index (κ2) is 5.29. The van der Waals surface area contributed by atoms with E-state index in [9.17, 15) is 0 Å². The van der Waals surface area contributed by atoms with E-state index in [4.69, 9.17) is 4.74 Å². The lowest BCUT2D eigenvalue weighted by Gasteiger charge is -2.06. The molecule has 3 nitrogen and oxygen atoms in total. The Morgan fingerprint density at radius 2 is 2.12 bits per heavy atom. The zero-order chi connectivity index (χ0) is 12.3. The second-order valence-electron chi connectivity index (χ2n) is 3.75. The standard InChI is InChI=1S/C13H16N2OS/c1-9-13(17-12(15-9)8-14-2)10-6-4-5-7-11(10)16-3/h4-7,14H,8H2,1-3H3. The van der Waals surface area contributed by atoms with Gasteiger partial charge in [0, 0.05) is 12.1 Å². The summed E-state index contributed by atoms with van der Waals surface area (Å²) < 4.78 is 5.39. The van der Waals surface area contributed by atoms with Crippen molar-refractivity contribution in [1.82, 2.24) is 10.3 Å². The molecule has 0 atom stereocenters. The SMILES string of the molecule is CNCc1nc(C)c(-c2ccccc2OC)s1. The van der Waals surface area contributed by atoms with Crippen molar-refractivity contribution in [2.24, 2.45) is 0 Å². The number of rotatable bonds is 4. The van der Waals surface area contributed by atoms with Crippen LogP contribution < -0.4 is 10.1 Å². The fraction of sp³-hybridized carbons (Fsp3) is 0.308. The molecule has 2 aromatic rings. The first kappa shape index (κ1) is 12.1. The highest BCUT2D eigenvalue weighted by molar-refractivity contribution is 7.15. The molecule has 0 saturated heterocycles. The smallest absolute Gasteiger partial charge is 0.127 e. The molecule has 1 aromatic heterocycles. The predicted octanol–water partition coefficient (Wildman–Crippen LogP) is 2.85. The molecular weight excluding hydrogens is 232 g/mol. The molecule has 0 aliphatic carbocycles. The first-order valence-electron chi connectivity index (χ1n) is 5.50. The Kier molecular flexibility index (Phi) is 3.76. The number of benzene rings is 1. The number of hydrogen-bond donors (Lipinski definition) is 1. The molecule has 90 valence electrons. The van der Waals surface area contributed by atoms with Gasteiger partial charge in [-0.3, -0.25) is 0 Å². The van der Waals surface area contributed by atoms with E-state index >= 15 is 0 Å². The summed E-state index contributed by atoms with van der Waals surface area (Å²) in [7, 11) is 3.63. The van der Waals surface area contributed by atoms with Crippen LogP contribution in [0.1, 0.15) is 10.7 Å². The largest absolute Gasteiger partial charge is 0.496 e. The summed E-state index contributed by atoms with van der Waals surface area (Å²) in [5.41, 5.74) is 2.18. The van der Waals surface area contributed by atoms with E-state index in [2.05, 4.69) is 16.4 Å². The molecule has 0 saturated carbocycles. The molecule has 17 heavy (non-hydrogen) atoms. The summed E-state index contributed by atoms with van der Waals surface area (Å²) in [5, 5.41) is 4.22. The number of ether oxygens (including phenoxy) is 1. The van der Waals surface area contributed by atoms with Crippen LogP contribution in [-0.4, -0.2) is 19.1 Å². The van der Waals surface area contributed by atoms with E-state index in [-0.39, 0.29) is 0 Å². The third-order valence-corrected chi connectivity index (χ3v) is 3.71. The maximum absolute atomic E-state index is 5.39. The maximum Gasteiger partial charge on any atom is 0.127 e. The van der Waals surface area contributed by atoms with Gasteiger partial charge < -0.3 is 10.1 Å². The number of nitrogens with one attached hydrogen (secondary N) is 1. The number of methoxy groups -OCH3 is 1. The molecule has 1 heterocycles. The molecule has 0 radical (unpaired) electrons. The van der Waals surface area contributed by atoms with Gasteiger partial charge in [-0.25, -0.2) is 4.98 Å². The van der Waals surface area contributed by atoms with Crippen molar-refractivity contribution in [1.29, 1.82) is 0 Å². The molecular formula is C13H16N2OS. The average molecular weight is 248 g/mol. The van der Waals surface area contributed by atoms with Gasteiger partial charge in [-0.05, 0) is 26.1 Å². The monoisotopic (exact) mass is 248 g/mol. The molecule has 2 rings (SSSR count). The molecule has 0 aliphatic heterocycles. The lowest BCUT2D eigenvalue weighted by molar-refractivity contribution is 0.416. The summed E-state index contributed by atoms with van der Waals surface area (Å²) in [4.78, 5) is 5.74. The van der Waals surface area contributed by atoms with Crippen molar-refractivity contribution < 1.29 is 4.74 Å². The van der Waals surface area contributed by atoms with Gasteiger partial charge in [0.2, 0.25) is 0 Å². The summed E-state index contributed by atoms with van der Waals surface area (Å²) in [6, 6.07) is 8.05. The van der Waals surface area contributed by atoms with Crippen molar-refractivity contribution in [3.05, 3.63) is 35.0 Å². The maximum atomic E-state index is 5.39. The molecule has 0 bridgehead atoms. The molecule has 0 amide bonds. The molecule has 1 N–H and O–H groups in total. The zero-order valence-corrected chi connectivity index (χ0v) is 11.1. The molecule has 4 heteroatoms. The number of aromatic nitrogens is 1. The Balaban J connectivity index is 2.45. The third kappa shape index (κ3) is 2.48. The quantitative estimate of drug-likeness (QED) is 0.903. The summed E-state index contributed by atoms with van der Waals surface area (Å²) in [6.07, 6.45) is 0. The first-order valence-corrected chi connectivity index (χ1v) is 6.32. The van der Waals surface area contributed by atoms with Crippen LogP contribution in [0.3, 0.4) is 0 Å². The zero-order valence-electron chi connectivity index (χ0n) is 10.3. The van der Waals surface area contributed by atoms with Crippen LogP contribution in [0.2, 0.25) is 0 Å². The van der Waals surface area contributed by atoms with Crippen molar-refractivity contribution >= 4 is 11.3 Å². The van der Waals surface area contributed by atoms with E-state index in [1.807, 2.05) is 32.2 Å². The van der Waals surface area contributed by atoms with Crippen molar-refractivity contribution in [2.45, 2.75) is 13.5 Å². The predicted molar refractivity (Wildman–Crippen MR) is 71.6 cm³/mol. The van der Waals surface area contributed by atoms with Gasteiger partial charge in [0.05, 0.1) is 17.7 Å². The van der Waals surface area contributed by atoms with Crippen LogP contribution in [0.15, 0.2) is 24.3 Å². The van der Waals surface area contributed by atoms with Gasteiger partial charge in [-0.2, -0.15) is 0 Å². The van der Waals surface area contributed by atoms with Crippen LogP contribution in [0.25, 0.3) is 10.4 Å². The van der Waals surface area contributed by atoms with Crippen molar-refractivity contribution in [3.63, 3.8) is 0 Å². The number of hydrogen-bond acceptors (Lipinski definition) is 4. The molecule has 0 spiro atoms. The number of para-hydroxylation sites is 1. The Morgan fingerprint density at radius 3 is 2.82 bits per heavy atom. The average Bonchev–Trinajstić information content (AvgIpc) is 2.70. The minimum Gasteiger partial charge on any atom is -0.496 e. The van der Waals surface area contributed by atoms with Crippen LogP contribution >= 0.6 is 11.3 Å². The van der Waals surface area contributed by atoms with Gasteiger partial charge in [-0.15, -0.1) is 11.3 Å². The molecule has 0 aliphatic rings. The Morgan fingerprint density at radius 1 is 1.35 bits per heavy atom. The van der Waals surface area contributed by atoms with E-state index in [1.54, 1.807) is 18.4 Å². The van der Waals surface area contributed by atoms with Gasteiger partial charge in [-0.1, -0.05) is 12.1 Å². The van der Waals surface area contributed by atoms with E-state index in [0.717, 1.165) is 28.6 Å². The van der Waals surface area contributed by atoms with Gasteiger partial charge in [0.25, 0.3) is 0 Å². The fourth-order valence-electron chi connectivity index (χ4n) is 1.76. The lowest BCUT2D eigenvalue weighted by Crippen LogP contribution is -2.04. The lowest BCUT2D eigenvalue weighted by atomic mass is 10.1. The number of thiazole rings is 1. The van der Waals surface area contributed by atoms with E-state index in [0.29, 0.717) is 0 Å². The Hall–Kier alpha value is -1.39. The van der Waals surface area contributed by atoms with Crippen LogP contribution in [0, 0.1) is 6.92 Å². The van der Waals surface area contributed by atoms with Gasteiger partial charge >= 0.3 is 0 Å². The highest BCUT2D eigenvalue weighted by Crippen LogP contribution is 2.36. The Bertz CT molecular complexity index is 508. The van der Waals surface area contributed by atoms with Crippen LogP contribution in [0.4, 0.5) is 0 Å². The summed E-state index contributed by atoms with van der Waals surface area (Å²) in [5.74, 6) is 0.898. The fourth-order valence-corrected chi connectivity index (χ4v) is 2.87. The third-order valence-electron chi connectivity index (χ3n) is 2.52. The normalized spacial score (nSPS) is 10.5. The Labute approximate surface area is 105 Å². The minimum atomic E-state index is 0.806. The first-order chi connectivity index (χ1) is 8.26. The highest BCUT2D eigenvalue weighted by atomic mass is 32.1. The van der Waals surface area contributed by atoms with E-state index < -0.39 is 0 Å². The molecule has 1 aromatic carbocycles. The summed E-state index contributed by atoms with van der Waals surface area (Å²) >= 11 is 1.71. The highest BCUT2D eigenvalue weighted by Gasteiger charge is 2.12. The van der Waals surface area contributed by atoms with Crippen molar-refractivity contribution in [3.8, 4) is 16.2 Å². The topological polar surface area (TPSA) is 34.2 Å². The van der Waals surface area contributed by atoms with E-state index in [1.165, 1.54) is 4.88 Å². The summed E-state index contributed by atoms with van der Waals surface area (Å²) in [6.45, 7) is 2.85. The molecule has 0 unspecified atom stereocenters. The number of nitrogens with zero attached hydrogens (tertiary/aromatic N) is 1. The minimum absolute atomic E-state index is 0.806.